The molecule has 1 aliphatic rings. The van der Waals surface area contributed by atoms with Crippen LogP contribution in [0.2, 0.25) is 5.02 Å². The SMILES string of the molecule is CCc1cc(Oc2ccc3cc(Cl)ccc3n2)ccc1C1C(=O)C(C)(C)OC(C)(C)C1=O. The molecule has 166 valence electrons. The maximum atomic E-state index is 13.1. The number of Topliss-reactive ketones (excluding diaryl/α,β-unsaturated/α-hetero) is 2. The first-order valence-electron chi connectivity index (χ1n) is 10.7. The highest BCUT2D eigenvalue weighted by atomic mass is 35.5. The van der Waals surface area contributed by atoms with Crippen molar-refractivity contribution in [2.45, 2.75) is 58.2 Å². The molecule has 0 spiro atoms. The molecule has 1 aliphatic heterocycles. The number of aryl methyl sites for hydroxylation is 1. The molecule has 6 heteroatoms. The van der Waals surface area contributed by atoms with E-state index in [1.165, 1.54) is 0 Å². The van der Waals surface area contributed by atoms with Gasteiger partial charge in [0.05, 0.1) is 5.52 Å². The van der Waals surface area contributed by atoms with Crippen molar-refractivity contribution in [1.82, 2.24) is 4.98 Å². The van der Waals surface area contributed by atoms with Crippen LogP contribution in [0.3, 0.4) is 0 Å². The highest BCUT2D eigenvalue weighted by molar-refractivity contribution is 6.31. The fourth-order valence-corrected chi connectivity index (χ4v) is 4.50. The highest BCUT2D eigenvalue weighted by Crippen LogP contribution is 2.40. The summed E-state index contributed by atoms with van der Waals surface area (Å²) in [5.74, 6) is -0.256. The molecule has 0 bridgehead atoms. The predicted octanol–water partition coefficient (Wildman–Crippen LogP) is 6.05. The number of nitrogens with zero attached hydrogens (tertiary/aromatic N) is 1. The second-order valence-electron chi connectivity index (χ2n) is 9.09. The quantitative estimate of drug-likeness (QED) is 0.451. The summed E-state index contributed by atoms with van der Waals surface area (Å²) in [4.78, 5) is 30.8. The molecule has 1 aromatic heterocycles. The molecule has 0 aliphatic carbocycles. The molecule has 1 saturated heterocycles. The number of hydrogen-bond donors (Lipinski definition) is 0. The standard InChI is InChI=1S/C26H26ClNO4/c1-6-15-14-18(31-21-12-7-16-13-17(27)8-11-20(16)28-21)9-10-19(15)22-23(29)25(2,3)32-26(4,5)24(22)30/h7-14,22H,6H2,1-5H3. The first-order valence-corrected chi connectivity index (χ1v) is 11.1. The molecule has 2 aromatic carbocycles. The predicted molar refractivity (Wildman–Crippen MR) is 125 cm³/mol. The third-order valence-corrected chi connectivity index (χ3v) is 6.11. The second-order valence-corrected chi connectivity index (χ2v) is 9.52. The van der Waals surface area contributed by atoms with Crippen LogP contribution < -0.4 is 4.74 Å². The van der Waals surface area contributed by atoms with Crippen molar-refractivity contribution < 1.29 is 19.1 Å². The van der Waals surface area contributed by atoms with Crippen LogP contribution in [0, 0.1) is 0 Å². The topological polar surface area (TPSA) is 65.5 Å². The second kappa shape index (κ2) is 7.98. The van der Waals surface area contributed by atoms with Gasteiger partial charge in [0.2, 0.25) is 5.88 Å². The summed E-state index contributed by atoms with van der Waals surface area (Å²) in [5.41, 5.74) is 0.290. The Hall–Kier alpha value is -2.76. The van der Waals surface area contributed by atoms with Crippen molar-refractivity contribution >= 4 is 34.1 Å². The van der Waals surface area contributed by atoms with E-state index < -0.39 is 17.1 Å². The molecule has 0 amide bonds. The lowest BCUT2D eigenvalue weighted by molar-refractivity contribution is -0.184. The van der Waals surface area contributed by atoms with Gasteiger partial charge in [-0.05, 0) is 81.6 Å². The first-order chi connectivity index (χ1) is 15.0. The molecule has 0 saturated carbocycles. The van der Waals surface area contributed by atoms with E-state index in [-0.39, 0.29) is 11.6 Å². The number of rotatable bonds is 4. The summed E-state index contributed by atoms with van der Waals surface area (Å²) in [6.07, 6.45) is 0.648. The molecule has 4 rings (SSSR count). The van der Waals surface area contributed by atoms with E-state index in [1.807, 2.05) is 37.3 Å². The Bertz CT molecular complexity index is 1210. The normalized spacial score (nSPS) is 18.2. The van der Waals surface area contributed by atoms with Gasteiger partial charge in [-0.1, -0.05) is 24.6 Å². The summed E-state index contributed by atoms with van der Waals surface area (Å²) in [6.45, 7) is 8.87. The maximum absolute atomic E-state index is 13.1. The molecule has 0 radical (unpaired) electrons. The number of ether oxygens (including phenoxy) is 2. The van der Waals surface area contributed by atoms with E-state index in [0.29, 0.717) is 28.6 Å². The number of pyridine rings is 1. The van der Waals surface area contributed by atoms with E-state index in [2.05, 4.69) is 4.98 Å². The lowest BCUT2D eigenvalue weighted by Crippen LogP contribution is -2.58. The van der Waals surface area contributed by atoms with Gasteiger partial charge in [0.25, 0.3) is 0 Å². The van der Waals surface area contributed by atoms with Gasteiger partial charge in [-0.15, -0.1) is 0 Å². The molecule has 0 unspecified atom stereocenters. The molecule has 0 atom stereocenters. The number of carbonyl (C=O) groups is 2. The average Bonchev–Trinajstić information content (AvgIpc) is 2.73. The Labute approximate surface area is 192 Å². The number of ketones is 2. The smallest absolute Gasteiger partial charge is 0.219 e. The van der Waals surface area contributed by atoms with E-state index >= 15 is 0 Å². The van der Waals surface area contributed by atoms with Gasteiger partial charge in [-0.2, -0.15) is 0 Å². The van der Waals surface area contributed by atoms with E-state index in [4.69, 9.17) is 21.1 Å². The number of carbonyl (C=O) groups excluding carboxylic acids is 2. The van der Waals surface area contributed by atoms with Crippen LogP contribution in [0.25, 0.3) is 10.9 Å². The van der Waals surface area contributed by atoms with Crippen molar-refractivity contribution in [3.05, 3.63) is 64.7 Å². The Morgan fingerprint density at radius 3 is 2.31 bits per heavy atom. The van der Waals surface area contributed by atoms with Crippen LogP contribution in [0.1, 0.15) is 51.7 Å². The Morgan fingerprint density at radius 2 is 1.66 bits per heavy atom. The maximum Gasteiger partial charge on any atom is 0.219 e. The zero-order chi connectivity index (χ0) is 23.3. The van der Waals surface area contributed by atoms with Crippen LogP contribution >= 0.6 is 11.6 Å². The molecule has 1 fully saturated rings. The summed E-state index contributed by atoms with van der Waals surface area (Å²) >= 11 is 6.04. The summed E-state index contributed by atoms with van der Waals surface area (Å²) in [6, 6.07) is 14.6. The minimum absolute atomic E-state index is 0.222. The van der Waals surface area contributed by atoms with E-state index in [9.17, 15) is 9.59 Å². The lowest BCUT2D eigenvalue weighted by atomic mass is 9.74. The zero-order valence-electron chi connectivity index (χ0n) is 18.9. The van der Waals surface area contributed by atoms with Crippen LogP contribution in [-0.2, 0) is 20.7 Å². The molecule has 0 N–H and O–H groups in total. The van der Waals surface area contributed by atoms with Gasteiger partial charge in [-0.25, -0.2) is 4.98 Å². The molecular weight excluding hydrogens is 426 g/mol. The number of hydrogen-bond acceptors (Lipinski definition) is 5. The average molecular weight is 452 g/mol. The highest BCUT2D eigenvalue weighted by Gasteiger charge is 2.53. The third-order valence-electron chi connectivity index (χ3n) is 5.88. The minimum atomic E-state index is -1.04. The van der Waals surface area contributed by atoms with Gasteiger partial charge < -0.3 is 9.47 Å². The molecular formula is C26H26ClNO4. The monoisotopic (exact) mass is 451 g/mol. The Morgan fingerprint density at radius 1 is 0.969 bits per heavy atom. The van der Waals surface area contributed by atoms with Crippen molar-refractivity contribution in [1.29, 1.82) is 0 Å². The Balaban J connectivity index is 1.68. The summed E-state index contributed by atoms with van der Waals surface area (Å²) in [5, 5.41) is 1.58. The van der Waals surface area contributed by atoms with Gasteiger partial charge in [0.1, 0.15) is 22.9 Å². The number of benzene rings is 2. The molecule has 3 aromatic rings. The largest absolute Gasteiger partial charge is 0.439 e. The minimum Gasteiger partial charge on any atom is -0.439 e. The summed E-state index contributed by atoms with van der Waals surface area (Å²) < 4.78 is 11.8. The zero-order valence-corrected chi connectivity index (χ0v) is 19.6. The van der Waals surface area contributed by atoms with Crippen LogP contribution in [0.5, 0.6) is 11.6 Å². The van der Waals surface area contributed by atoms with Crippen LogP contribution in [-0.4, -0.2) is 27.8 Å². The van der Waals surface area contributed by atoms with Gasteiger partial charge in [0, 0.05) is 16.5 Å². The first kappa shape index (κ1) is 22.4. The summed E-state index contributed by atoms with van der Waals surface area (Å²) in [7, 11) is 0. The van der Waals surface area contributed by atoms with E-state index in [0.717, 1.165) is 16.5 Å². The van der Waals surface area contributed by atoms with Crippen molar-refractivity contribution in [3.63, 3.8) is 0 Å². The fraction of sp³-hybridized carbons (Fsp3) is 0.346. The third kappa shape index (κ3) is 4.03. The number of aromatic nitrogens is 1. The Kier molecular flexibility index (Phi) is 5.60. The lowest BCUT2D eigenvalue weighted by Gasteiger charge is -2.43. The van der Waals surface area contributed by atoms with Gasteiger partial charge >= 0.3 is 0 Å². The van der Waals surface area contributed by atoms with Crippen LogP contribution in [0.4, 0.5) is 0 Å². The molecule has 5 nitrogen and oxygen atoms in total. The fourth-order valence-electron chi connectivity index (χ4n) is 4.32. The van der Waals surface area contributed by atoms with Gasteiger partial charge in [0.15, 0.2) is 11.6 Å². The van der Waals surface area contributed by atoms with Crippen LogP contribution in [0.15, 0.2) is 48.5 Å². The molecule has 2 heterocycles. The number of halogens is 1. The van der Waals surface area contributed by atoms with Crippen molar-refractivity contribution in [2.24, 2.45) is 0 Å². The van der Waals surface area contributed by atoms with Crippen molar-refractivity contribution in [3.8, 4) is 11.6 Å². The number of fused-ring (bicyclic) bond motifs is 1. The van der Waals surface area contributed by atoms with E-state index in [1.54, 1.807) is 45.9 Å². The molecule has 32 heavy (non-hydrogen) atoms. The van der Waals surface area contributed by atoms with Crippen molar-refractivity contribution in [2.75, 3.05) is 0 Å². The van der Waals surface area contributed by atoms with Gasteiger partial charge in [-0.3, -0.25) is 9.59 Å².